The van der Waals surface area contributed by atoms with E-state index in [-0.39, 0.29) is 11.7 Å². The van der Waals surface area contributed by atoms with E-state index in [1.54, 1.807) is 10.9 Å². The summed E-state index contributed by atoms with van der Waals surface area (Å²) in [6.45, 7) is 2.17. The Labute approximate surface area is 84.1 Å². The van der Waals surface area contributed by atoms with Crippen LogP contribution in [0.4, 0.5) is 0 Å². The SMILES string of the molecule is CC1CCCC1C(=O)c1ccnn1C. The lowest BCUT2D eigenvalue weighted by Crippen LogP contribution is -2.19. The van der Waals surface area contributed by atoms with Crippen LogP contribution in [0.3, 0.4) is 0 Å². The van der Waals surface area contributed by atoms with E-state index in [0.29, 0.717) is 5.92 Å². The van der Waals surface area contributed by atoms with Gasteiger partial charge in [-0.05, 0) is 24.8 Å². The molecule has 0 aromatic carbocycles. The van der Waals surface area contributed by atoms with Gasteiger partial charge in [0.1, 0.15) is 5.69 Å². The van der Waals surface area contributed by atoms with Crippen molar-refractivity contribution in [2.45, 2.75) is 26.2 Å². The molecule has 1 aliphatic carbocycles. The van der Waals surface area contributed by atoms with Crippen molar-refractivity contribution in [1.82, 2.24) is 9.78 Å². The highest BCUT2D eigenvalue weighted by Crippen LogP contribution is 2.33. The Morgan fingerprint density at radius 2 is 2.36 bits per heavy atom. The predicted octanol–water partition coefficient (Wildman–Crippen LogP) is 2.04. The minimum absolute atomic E-state index is 0.227. The van der Waals surface area contributed by atoms with Crippen molar-refractivity contribution in [3.63, 3.8) is 0 Å². The highest BCUT2D eigenvalue weighted by Gasteiger charge is 2.31. The number of carbonyl (C=O) groups excluding carboxylic acids is 1. The molecule has 0 bridgehead atoms. The van der Waals surface area contributed by atoms with Crippen LogP contribution in [-0.4, -0.2) is 15.6 Å². The van der Waals surface area contributed by atoms with Crippen LogP contribution in [-0.2, 0) is 7.05 Å². The molecule has 2 atom stereocenters. The van der Waals surface area contributed by atoms with Gasteiger partial charge >= 0.3 is 0 Å². The number of Topliss-reactive ketones (excluding diaryl/α,β-unsaturated/α-hetero) is 1. The van der Waals surface area contributed by atoms with Crippen LogP contribution in [0.15, 0.2) is 12.3 Å². The van der Waals surface area contributed by atoms with Crippen LogP contribution in [0.1, 0.15) is 36.7 Å². The summed E-state index contributed by atoms with van der Waals surface area (Å²) >= 11 is 0. The summed E-state index contributed by atoms with van der Waals surface area (Å²) in [5, 5.41) is 4.03. The van der Waals surface area contributed by atoms with Gasteiger partial charge in [-0.15, -0.1) is 0 Å². The summed E-state index contributed by atoms with van der Waals surface area (Å²) in [6, 6.07) is 1.81. The van der Waals surface area contributed by atoms with Gasteiger partial charge in [0.05, 0.1) is 0 Å². The standard InChI is InChI=1S/C11H16N2O/c1-8-4-3-5-9(8)11(14)10-6-7-12-13(10)2/h6-9H,3-5H2,1-2H3. The number of nitrogens with zero attached hydrogens (tertiary/aromatic N) is 2. The lowest BCUT2D eigenvalue weighted by Gasteiger charge is -2.13. The van der Waals surface area contributed by atoms with E-state index in [1.807, 2.05) is 13.1 Å². The molecule has 14 heavy (non-hydrogen) atoms. The Bertz CT molecular complexity index is 343. The fourth-order valence-electron chi connectivity index (χ4n) is 2.34. The molecule has 1 heterocycles. The van der Waals surface area contributed by atoms with Gasteiger partial charge in [-0.25, -0.2) is 0 Å². The zero-order valence-corrected chi connectivity index (χ0v) is 8.73. The van der Waals surface area contributed by atoms with Gasteiger partial charge in [-0.1, -0.05) is 13.3 Å². The monoisotopic (exact) mass is 192 g/mol. The number of ketones is 1. The van der Waals surface area contributed by atoms with Gasteiger partial charge in [0.15, 0.2) is 5.78 Å². The second kappa shape index (κ2) is 3.56. The van der Waals surface area contributed by atoms with Crippen LogP contribution in [0.5, 0.6) is 0 Å². The largest absolute Gasteiger partial charge is 0.292 e. The Morgan fingerprint density at radius 3 is 2.86 bits per heavy atom. The molecule has 1 aromatic rings. The van der Waals surface area contributed by atoms with Crippen molar-refractivity contribution in [2.75, 3.05) is 0 Å². The molecule has 1 saturated carbocycles. The second-order valence-corrected chi connectivity index (χ2v) is 4.22. The minimum atomic E-state index is 0.227. The average Bonchev–Trinajstić information content (AvgIpc) is 2.73. The van der Waals surface area contributed by atoms with Gasteiger partial charge in [-0.2, -0.15) is 5.10 Å². The van der Waals surface area contributed by atoms with E-state index >= 15 is 0 Å². The molecule has 2 unspecified atom stereocenters. The van der Waals surface area contributed by atoms with Crippen molar-refractivity contribution in [2.24, 2.45) is 18.9 Å². The second-order valence-electron chi connectivity index (χ2n) is 4.22. The molecular weight excluding hydrogens is 176 g/mol. The first-order valence-electron chi connectivity index (χ1n) is 5.22. The molecule has 0 saturated heterocycles. The van der Waals surface area contributed by atoms with E-state index < -0.39 is 0 Å². The molecule has 0 amide bonds. The van der Waals surface area contributed by atoms with Crippen LogP contribution in [0.25, 0.3) is 0 Å². The Kier molecular flexibility index (Phi) is 2.40. The summed E-state index contributed by atoms with van der Waals surface area (Å²) in [5.41, 5.74) is 0.753. The fourth-order valence-corrected chi connectivity index (χ4v) is 2.34. The summed E-state index contributed by atoms with van der Waals surface area (Å²) in [4.78, 5) is 12.1. The topological polar surface area (TPSA) is 34.9 Å². The zero-order chi connectivity index (χ0) is 10.1. The van der Waals surface area contributed by atoms with Crippen LogP contribution < -0.4 is 0 Å². The van der Waals surface area contributed by atoms with Gasteiger partial charge < -0.3 is 0 Å². The number of hydrogen-bond acceptors (Lipinski definition) is 2. The average molecular weight is 192 g/mol. The Hall–Kier alpha value is -1.12. The third-order valence-corrected chi connectivity index (χ3v) is 3.27. The maximum atomic E-state index is 12.1. The Morgan fingerprint density at radius 1 is 1.57 bits per heavy atom. The van der Waals surface area contributed by atoms with Gasteiger partial charge in [0.25, 0.3) is 0 Å². The minimum Gasteiger partial charge on any atom is -0.292 e. The van der Waals surface area contributed by atoms with Gasteiger partial charge in [-0.3, -0.25) is 9.48 Å². The molecule has 2 rings (SSSR count). The number of rotatable bonds is 2. The number of aromatic nitrogens is 2. The molecule has 0 radical (unpaired) electrons. The zero-order valence-electron chi connectivity index (χ0n) is 8.73. The van der Waals surface area contributed by atoms with E-state index in [9.17, 15) is 4.79 Å². The van der Waals surface area contributed by atoms with Crippen molar-refractivity contribution < 1.29 is 4.79 Å². The van der Waals surface area contributed by atoms with E-state index in [2.05, 4.69) is 12.0 Å². The van der Waals surface area contributed by atoms with Gasteiger partial charge in [0, 0.05) is 19.2 Å². The third-order valence-electron chi connectivity index (χ3n) is 3.27. The summed E-state index contributed by atoms with van der Waals surface area (Å²) in [7, 11) is 1.83. The molecule has 0 aliphatic heterocycles. The Balaban J connectivity index is 2.20. The highest BCUT2D eigenvalue weighted by molar-refractivity contribution is 5.96. The summed E-state index contributed by atoms with van der Waals surface area (Å²) < 4.78 is 1.67. The first-order valence-corrected chi connectivity index (χ1v) is 5.22. The molecule has 0 spiro atoms. The first-order chi connectivity index (χ1) is 6.70. The lowest BCUT2D eigenvalue weighted by molar-refractivity contribution is 0.0887. The fraction of sp³-hybridized carbons (Fsp3) is 0.636. The van der Waals surface area contributed by atoms with Crippen molar-refractivity contribution in [3.05, 3.63) is 18.0 Å². The third kappa shape index (κ3) is 1.47. The van der Waals surface area contributed by atoms with Crippen LogP contribution in [0, 0.1) is 11.8 Å². The maximum absolute atomic E-state index is 12.1. The van der Waals surface area contributed by atoms with E-state index in [1.165, 1.54) is 12.8 Å². The molecule has 1 fully saturated rings. The summed E-state index contributed by atoms with van der Waals surface area (Å²) in [5.74, 6) is 1.04. The van der Waals surface area contributed by atoms with E-state index in [4.69, 9.17) is 0 Å². The van der Waals surface area contributed by atoms with E-state index in [0.717, 1.165) is 12.1 Å². The van der Waals surface area contributed by atoms with Crippen molar-refractivity contribution >= 4 is 5.78 Å². The van der Waals surface area contributed by atoms with Crippen LogP contribution in [0.2, 0.25) is 0 Å². The van der Waals surface area contributed by atoms with Crippen molar-refractivity contribution in [3.8, 4) is 0 Å². The van der Waals surface area contributed by atoms with Crippen molar-refractivity contribution in [1.29, 1.82) is 0 Å². The molecule has 1 aromatic heterocycles. The molecule has 3 nitrogen and oxygen atoms in total. The number of aryl methyl sites for hydroxylation is 1. The highest BCUT2D eigenvalue weighted by atomic mass is 16.1. The first kappa shape index (κ1) is 9.44. The number of hydrogen-bond donors (Lipinski definition) is 0. The normalized spacial score (nSPS) is 26.7. The van der Waals surface area contributed by atoms with Crippen LogP contribution >= 0.6 is 0 Å². The van der Waals surface area contributed by atoms with Gasteiger partial charge in [0.2, 0.25) is 0 Å². The quantitative estimate of drug-likeness (QED) is 0.672. The lowest BCUT2D eigenvalue weighted by atomic mass is 9.92. The molecule has 3 heteroatoms. The molecule has 1 aliphatic rings. The molecular formula is C11H16N2O. The molecule has 76 valence electrons. The smallest absolute Gasteiger partial charge is 0.184 e. The number of carbonyl (C=O) groups is 1. The summed E-state index contributed by atoms with van der Waals surface area (Å²) in [6.07, 6.45) is 5.11. The molecule has 0 N–H and O–H groups in total. The predicted molar refractivity (Wildman–Crippen MR) is 54.0 cm³/mol. The maximum Gasteiger partial charge on any atom is 0.184 e.